The summed E-state index contributed by atoms with van der Waals surface area (Å²) in [6.07, 6.45) is 7.65. The summed E-state index contributed by atoms with van der Waals surface area (Å²) in [5, 5.41) is 0. The average Bonchev–Trinajstić information content (AvgIpc) is 3.56. The van der Waals surface area contributed by atoms with E-state index >= 15 is 0 Å². The van der Waals surface area contributed by atoms with Crippen LogP contribution in [0.5, 0.6) is 0 Å². The molecule has 1 aromatic carbocycles. The molecule has 0 atom stereocenters. The van der Waals surface area contributed by atoms with E-state index in [1.165, 1.54) is 37.9 Å². The highest BCUT2D eigenvalue weighted by atomic mass is 32.1. The van der Waals surface area contributed by atoms with E-state index in [-0.39, 0.29) is 11.7 Å². The van der Waals surface area contributed by atoms with Crippen LogP contribution in [0.15, 0.2) is 33.8 Å². The average molecular weight is 432 g/mol. The Morgan fingerprint density at radius 2 is 2.00 bits per heavy atom. The first kappa shape index (κ1) is 23.0. The maximum Gasteiger partial charge on any atom is 0.261 e. The number of carbonyl (C=O) groups excluding carboxylic acids is 1. The van der Waals surface area contributed by atoms with Gasteiger partial charge in [0.25, 0.3) is 5.91 Å². The number of hydrogen-bond donors (Lipinski definition) is 1. The van der Waals surface area contributed by atoms with Gasteiger partial charge in [0.05, 0.1) is 10.6 Å². The molecule has 0 unspecified atom stereocenters. The number of aryl methyl sites for hydroxylation is 1. The molecule has 0 aromatic heterocycles. The lowest BCUT2D eigenvalue weighted by molar-refractivity contribution is -0.128. The third kappa shape index (κ3) is 6.17. The number of piperidine rings is 1. The fourth-order valence-electron chi connectivity index (χ4n) is 4.09. The summed E-state index contributed by atoms with van der Waals surface area (Å²) in [6, 6.07) is 5.16. The number of likely N-dealkylation sites (tertiary alicyclic amines) is 1. The Balaban J connectivity index is 1.58. The molecule has 3 rings (SSSR count). The van der Waals surface area contributed by atoms with E-state index in [0.717, 1.165) is 49.5 Å². The van der Waals surface area contributed by atoms with Crippen LogP contribution < -0.4 is 0 Å². The van der Waals surface area contributed by atoms with Crippen molar-refractivity contribution in [2.45, 2.75) is 58.9 Å². The first-order valence-corrected chi connectivity index (χ1v) is 11.6. The smallest absolute Gasteiger partial charge is 0.261 e. The van der Waals surface area contributed by atoms with Crippen molar-refractivity contribution in [3.05, 3.63) is 45.7 Å². The highest BCUT2D eigenvalue weighted by Gasteiger charge is 2.31. The van der Waals surface area contributed by atoms with Gasteiger partial charge in [0.1, 0.15) is 5.82 Å². The van der Waals surface area contributed by atoms with Crippen LogP contribution in [-0.4, -0.2) is 54.1 Å². The predicted molar refractivity (Wildman–Crippen MR) is 125 cm³/mol. The number of rotatable bonds is 8. The normalized spacial score (nSPS) is 18.9. The predicted octanol–water partition coefficient (Wildman–Crippen LogP) is 4.83. The second-order valence-electron chi connectivity index (χ2n) is 8.65. The third-order valence-corrected chi connectivity index (χ3v) is 6.66. The minimum absolute atomic E-state index is 0.0495. The second kappa shape index (κ2) is 10.6. The van der Waals surface area contributed by atoms with E-state index in [9.17, 15) is 9.18 Å². The Morgan fingerprint density at radius 1 is 1.30 bits per heavy atom. The van der Waals surface area contributed by atoms with Crippen LogP contribution in [-0.2, 0) is 4.79 Å². The number of hydrogen-bond acceptors (Lipinski definition) is 4. The van der Waals surface area contributed by atoms with E-state index in [0.29, 0.717) is 16.6 Å². The zero-order chi connectivity index (χ0) is 21.7. The minimum atomic E-state index is -0.264. The van der Waals surface area contributed by atoms with Gasteiger partial charge in [-0.2, -0.15) is 0 Å². The Hall–Kier alpha value is -1.66. The lowest BCUT2D eigenvalue weighted by Gasteiger charge is -2.38. The van der Waals surface area contributed by atoms with Crippen LogP contribution in [0.25, 0.3) is 0 Å². The molecule has 1 saturated carbocycles. The molecular formula is C24H34FN3OS. The Bertz CT molecular complexity index is 811. The number of benzene rings is 1. The summed E-state index contributed by atoms with van der Waals surface area (Å²) >= 11 is 4.47. The number of allylic oxidation sites excluding steroid dienone is 1. The second-order valence-corrected chi connectivity index (χ2v) is 9.10. The molecule has 1 aliphatic carbocycles. The molecule has 6 heteroatoms. The van der Waals surface area contributed by atoms with Gasteiger partial charge < -0.3 is 4.90 Å². The number of carbonyl (C=O) groups is 1. The lowest BCUT2D eigenvalue weighted by atomic mass is 10.0. The Morgan fingerprint density at radius 3 is 2.60 bits per heavy atom. The molecule has 2 fully saturated rings. The van der Waals surface area contributed by atoms with Crippen molar-refractivity contribution < 1.29 is 9.18 Å². The summed E-state index contributed by atoms with van der Waals surface area (Å²) in [7, 11) is 0. The van der Waals surface area contributed by atoms with Crippen LogP contribution in [0.2, 0.25) is 0 Å². The molecular weight excluding hydrogens is 397 g/mol. The topological polar surface area (TPSA) is 35.9 Å². The number of aliphatic imine (C=N–C) groups is 1. The number of amides is 1. The monoisotopic (exact) mass is 431 g/mol. The molecule has 0 radical (unpaired) electrons. The van der Waals surface area contributed by atoms with Gasteiger partial charge in [-0.1, -0.05) is 13.0 Å². The van der Waals surface area contributed by atoms with E-state index in [2.05, 4.69) is 29.4 Å². The third-order valence-electron chi connectivity index (χ3n) is 6.14. The molecule has 0 N–H and O–H groups in total. The number of thiol groups is 1. The first-order chi connectivity index (χ1) is 14.4. The van der Waals surface area contributed by atoms with Crippen molar-refractivity contribution in [3.63, 3.8) is 0 Å². The van der Waals surface area contributed by atoms with Crippen molar-refractivity contribution >= 4 is 24.8 Å². The maximum atomic E-state index is 13.3. The molecule has 1 saturated heterocycles. The van der Waals surface area contributed by atoms with E-state index in [1.807, 2.05) is 11.8 Å². The molecule has 0 spiro atoms. The quantitative estimate of drug-likeness (QED) is 0.364. The summed E-state index contributed by atoms with van der Waals surface area (Å²) < 4.78 is 13.3. The summed E-state index contributed by atoms with van der Waals surface area (Å²) in [5.74, 6) is 0.583. The van der Waals surface area contributed by atoms with Gasteiger partial charge in [-0.15, -0.1) is 12.6 Å². The van der Waals surface area contributed by atoms with Gasteiger partial charge in [-0.25, -0.2) is 4.39 Å². The number of halogens is 1. The molecule has 0 bridgehead atoms. The zero-order valence-electron chi connectivity index (χ0n) is 18.4. The lowest BCUT2D eigenvalue weighted by Crippen LogP contribution is -2.47. The van der Waals surface area contributed by atoms with Crippen molar-refractivity contribution in [2.24, 2.45) is 10.9 Å². The summed E-state index contributed by atoms with van der Waals surface area (Å²) in [6.45, 7) is 9.79. The van der Waals surface area contributed by atoms with E-state index < -0.39 is 0 Å². The van der Waals surface area contributed by atoms with Gasteiger partial charge >= 0.3 is 0 Å². The summed E-state index contributed by atoms with van der Waals surface area (Å²) in [5.41, 5.74) is 2.22. The van der Waals surface area contributed by atoms with Crippen LogP contribution >= 0.6 is 12.6 Å². The number of nitrogens with zero attached hydrogens (tertiary/aromatic N) is 3. The van der Waals surface area contributed by atoms with Crippen LogP contribution in [0.4, 0.5) is 4.39 Å². The molecule has 1 aromatic rings. The highest BCUT2D eigenvalue weighted by molar-refractivity contribution is 7.85. The standard InChI is InChI=1S/C24H34FN3OS/c1-4-11-28(16-19-5-6-19)22-9-12-27(13-10-22)24(29)23(30)18(3)26-15-20-7-8-21(25)14-17(20)2/h7-8,14-15,19,22,30H,4-6,9-13,16H2,1-3H3/b23-18-,26-15?. The highest BCUT2D eigenvalue weighted by Crippen LogP contribution is 2.32. The van der Waals surface area contributed by atoms with Crippen LogP contribution in [0, 0.1) is 18.7 Å². The van der Waals surface area contributed by atoms with Gasteiger partial charge in [0.2, 0.25) is 0 Å². The molecule has 1 amide bonds. The Kier molecular flexibility index (Phi) is 8.12. The van der Waals surface area contributed by atoms with Crippen molar-refractivity contribution in [3.8, 4) is 0 Å². The maximum absolute atomic E-state index is 13.3. The van der Waals surface area contributed by atoms with Gasteiger partial charge in [-0.05, 0) is 81.7 Å². The van der Waals surface area contributed by atoms with E-state index in [1.54, 1.807) is 19.2 Å². The van der Waals surface area contributed by atoms with Gasteiger partial charge in [-0.3, -0.25) is 14.7 Å². The van der Waals surface area contributed by atoms with Crippen LogP contribution in [0.1, 0.15) is 57.1 Å². The Labute approximate surface area is 185 Å². The fourth-order valence-corrected chi connectivity index (χ4v) is 4.29. The van der Waals surface area contributed by atoms with Crippen molar-refractivity contribution in [1.82, 2.24) is 9.80 Å². The van der Waals surface area contributed by atoms with Crippen LogP contribution in [0.3, 0.4) is 0 Å². The SMILES string of the molecule is CCCN(CC1CC1)C1CCN(C(=O)/C(S)=C(\C)N=Cc2ccc(F)cc2C)CC1. The first-order valence-electron chi connectivity index (χ1n) is 11.1. The molecule has 1 heterocycles. The zero-order valence-corrected chi connectivity index (χ0v) is 19.3. The molecule has 164 valence electrons. The van der Waals surface area contributed by atoms with Crippen molar-refractivity contribution in [1.29, 1.82) is 0 Å². The fraction of sp³-hybridized carbons (Fsp3) is 0.583. The molecule has 2 aliphatic rings. The van der Waals surface area contributed by atoms with Crippen molar-refractivity contribution in [2.75, 3.05) is 26.2 Å². The largest absolute Gasteiger partial charge is 0.338 e. The minimum Gasteiger partial charge on any atom is -0.338 e. The van der Waals surface area contributed by atoms with Gasteiger partial charge in [0.15, 0.2) is 0 Å². The summed E-state index contributed by atoms with van der Waals surface area (Å²) in [4.78, 5) is 22.3. The molecule has 30 heavy (non-hydrogen) atoms. The molecule has 4 nitrogen and oxygen atoms in total. The molecule has 1 aliphatic heterocycles. The van der Waals surface area contributed by atoms with Gasteiger partial charge in [0, 0.05) is 31.9 Å². The van der Waals surface area contributed by atoms with E-state index in [4.69, 9.17) is 0 Å².